The van der Waals surface area contributed by atoms with E-state index in [1.165, 1.54) is 0 Å². The van der Waals surface area contributed by atoms with E-state index in [1.54, 1.807) is 0 Å². The van der Waals surface area contributed by atoms with Gasteiger partial charge in [-0.15, -0.1) is 0 Å². The van der Waals surface area contributed by atoms with Crippen LogP contribution >= 0.6 is 0 Å². The maximum atomic E-state index is 10.7. The molecule has 0 radical (unpaired) electrons. The number of nitrogens with zero attached hydrogens (tertiary/aromatic N) is 2. The smallest absolute Gasteiger partial charge is 0.322 e. The minimum atomic E-state index is -1.00. The third-order valence-electron chi connectivity index (χ3n) is 2.54. The van der Waals surface area contributed by atoms with Crippen molar-refractivity contribution < 1.29 is 9.90 Å². The summed E-state index contributed by atoms with van der Waals surface area (Å²) in [6.45, 7) is 2.08. The van der Waals surface area contributed by atoms with Crippen LogP contribution in [0.4, 0.5) is 0 Å². The van der Waals surface area contributed by atoms with Gasteiger partial charge >= 0.3 is 5.97 Å². The van der Waals surface area contributed by atoms with E-state index in [2.05, 4.69) is 4.98 Å². The van der Waals surface area contributed by atoms with E-state index in [1.807, 2.05) is 35.8 Å². The zero-order chi connectivity index (χ0) is 11.7. The first-order valence-electron chi connectivity index (χ1n) is 5.00. The number of carboxylic acid groups (broad SMARTS) is 1. The predicted octanol–water partition coefficient (Wildman–Crippen LogP) is 0.757. The molecule has 84 valence electrons. The van der Waals surface area contributed by atoms with E-state index in [4.69, 9.17) is 10.8 Å². The van der Waals surface area contributed by atoms with E-state index >= 15 is 0 Å². The normalized spacial score (nSPS) is 12.9. The van der Waals surface area contributed by atoms with Crippen LogP contribution in [0, 0.1) is 6.92 Å². The highest BCUT2D eigenvalue weighted by Gasteiger charge is 2.15. The largest absolute Gasteiger partial charge is 0.480 e. The van der Waals surface area contributed by atoms with Gasteiger partial charge in [0, 0.05) is 0 Å². The average Bonchev–Trinajstić information content (AvgIpc) is 2.55. The lowest BCUT2D eigenvalue weighted by molar-refractivity contribution is -0.138. The van der Waals surface area contributed by atoms with Crippen LogP contribution in [-0.2, 0) is 11.3 Å². The molecular formula is C11H13N3O2. The summed E-state index contributed by atoms with van der Waals surface area (Å²) in [5, 5.41) is 8.79. The zero-order valence-electron chi connectivity index (χ0n) is 8.92. The van der Waals surface area contributed by atoms with Gasteiger partial charge in [-0.3, -0.25) is 4.79 Å². The summed E-state index contributed by atoms with van der Waals surface area (Å²) in [5.41, 5.74) is 7.29. The molecule has 0 bridgehead atoms. The van der Waals surface area contributed by atoms with Gasteiger partial charge in [-0.1, -0.05) is 12.1 Å². The molecule has 2 aromatic rings. The SMILES string of the molecule is Cc1nc2ccccc2n1CC(N)C(=O)O. The molecule has 0 saturated carbocycles. The van der Waals surface area contributed by atoms with Gasteiger partial charge in [0.25, 0.3) is 0 Å². The van der Waals surface area contributed by atoms with Crippen LogP contribution in [0.25, 0.3) is 11.0 Å². The fraction of sp³-hybridized carbons (Fsp3) is 0.273. The maximum Gasteiger partial charge on any atom is 0.322 e. The lowest BCUT2D eigenvalue weighted by Crippen LogP contribution is -2.34. The van der Waals surface area contributed by atoms with Crippen molar-refractivity contribution in [2.45, 2.75) is 19.5 Å². The second-order valence-electron chi connectivity index (χ2n) is 3.70. The van der Waals surface area contributed by atoms with Gasteiger partial charge in [0.05, 0.1) is 17.6 Å². The molecule has 0 aliphatic carbocycles. The molecule has 0 aliphatic heterocycles. The van der Waals surface area contributed by atoms with Gasteiger partial charge in [-0.25, -0.2) is 4.98 Å². The number of hydrogen-bond acceptors (Lipinski definition) is 3. The first kappa shape index (κ1) is 10.6. The molecule has 1 aromatic carbocycles. The van der Waals surface area contributed by atoms with Crippen LogP contribution in [0.2, 0.25) is 0 Å². The fourth-order valence-corrected chi connectivity index (χ4v) is 1.70. The number of nitrogens with two attached hydrogens (primary N) is 1. The third-order valence-corrected chi connectivity index (χ3v) is 2.54. The number of benzene rings is 1. The van der Waals surface area contributed by atoms with Gasteiger partial charge < -0.3 is 15.4 Å². The van der Waals surface area contributed by atoms with Crippen LogP contribution in [0.3, 0.4) is 0 Å². The molecule has 0 saturated heterocycles. The molecule has 0 fully saturated rings. The van der Waals surface area contributed by atoms with Crippen LogP contribution in [-0.4, -0.2) is 26.7 Å². The molecular weight excluding hydrogens is 206 g/mol. The summed E-state index contributed by atoms with van der Waals surface area (Å²) in [7, 11) is 0. The molecule has 1 aromatic heterocycles. The first-order valence-corrected chi connectivity index (χ1v) is 5.00. The van der Waals surface area contributed by atoms with E-state index in [-0.39, 0.29) is 6.54 Å². The maximum absolute atomic E-state index is 10.7. The average molecular weight is 219 g/mol. The topological polar surface area (TPSA) is 81.1 Å². The lowest BCUT2D eigenvalue weighted by Gasteiger charge is -2.10. The van der Waals surface area contributed by atoms with Gasteiger partial charge in [0.15, 0.2) is 0 Å². The number of aromatic nitrogens is 2. The number of aryl methyl sites for hydroxylation is 1. The predicted molar refractivity (Wildman–Crippen MR) is 60.1 cm³/mol. The molecule has 0 spiro atoms. The number of carboxylic acids is 1. The summed E-state index contributed by atoms with van der Waals surface area (Å²) in [5.74, 6) is -0.227. The molecule has 2 rings (SSSR count). The molecule has 1 unspecified atom stereocenters. The van der Waals surface area contributed by atoms with Crippen molar-refractivity contribution in [1.82, 2.24) is 9.55 Å². The number of carbonyl (C=O) groups is 1. The van der Waals surface area contributed by atoms with Crippen LogP contribution in [0.1, 0.15) is 5.82 Å². The van der Waals surface area contributed by atoms with Gasteiger partial charge in [0.1, 0.15) is 11.9 Å². The van der Waals surface area contributed by atoms with Crippen molar-refractivity contribution in [1.29, 1.82) is 0 Å². The Morgan fingerprint density at radius 3 is 2.94 bits per heavy atom. The number of aliphatic carboxylic acids is 1. The van der Waals surface area contributed by atoms with Crippen LogP contribution in [0.15, 0.2) is 24.3 Å². The van der Waals surface area contributed by atoms with Gasteiger partial charge in [0.2, 0.25) is 0 Å². The molecule has 0 amide bonds. The van der Waals surface area contributed by atoms with Crippen LogP contribution < -0.4 is 5.73 Å². The van der Waals surface area contributed by atoms with Crippen molar-refractivity contribution in [3.8, 4) is 0 Å². The summed E-state index contributed by atoms with van der Waals surface area (Å²) in [6, 6.07) is 6.69. The molecule has 1 heterocycles. The quantitative estimate of drug-likeness (QED) is 0.798. The van der Waals surface area contributed by atoms with Crippen molar-refractivity contribution in [2.24, 2.45) is 5.73 Å². The van der Waals surface area contributed by atoms with E-state index < -0.39 is 12.0 Å². The molecule has 5 heteroatoms. The highest BCUT2D eigenvalue weighted by Crippen LogP contribution is 2.15. The zero-order valence-corrected chi connectivity index (χ0v) is 8.92. The van der Waals surface area contributed by atoms with Crippen molar-refractivity contribution >= 4 is 17.0 Å². The Hall–Kier alpha value is -1.88. The lowest BCUT2D eigenvalue weighted by atomic mass is 10.3. The summed E-state index contributed by atoms with van der Waals surface area (Å²) < 4.78 is 1.83. The standard InChI is InChI=1S/C11H13N3O2/c1-7-13-9-4-2-3-5-10(9)14(7)6-8(12)11(15)16/h2-5,8H,6,12H2,1H3,(H,15,16). The van der Waals surface area contributed by atoms with Crippen molar-refractivity contribution in [3.05, 3.63) is 30.1 Å². The molecule has 16 heavy (non-hydrogen) atoms. The van der Waals surface area contributed by atoms with E-state index in [9.17, 15) is 4.79 Å². The van der Waals surface area contributed by atoms with Gasteiger partial charge in [-0.2, -0.15) is 0 Å². The highest BCUT2D eigenvalue weighted by atomic mass is 16.4. The summed E-state index contributed by atoms with van der Waals surface area (Å²) >= 11 is 0. The van der Waals surface area contributed by atoms with Gasteiger partial charge in [-0.05, 0) is 19.1 Å². The minimum Gasteiger partial charge on any atom is -0.480 e. The summed E-state index contributed by atoms with van der Waals surface area (Å²) in [4.78, 5) is 15.1. The molecule has 5 nitrogen and oxygen atoms in total. The Morgan fingerprint density at radius 1 is 1.56 bits per heavy atom. The second kappa shape index (κ2) is 3.94. The highest BCUT2D eigenvalue weighted by molar-refractivity contribution is 5.77. The summed E-state index contributed by atoms with van der Waals surface area (Å²) in [6.07, 6.45) is 0. The Bertz CT molecular complexity index is 533. The third kappa shape index (κ3) is 1.77. The number of fused-ring (bicyclic) bond motifs is 1. The van der Waals surface area contributed by atoms with E-state index in [0.29, 0.717) is 0 Å². The van der Waals surface area contributed by atoms with Crippen molar-refractivity contribution in [2.75, 3.05) is 0 Å². The monoisotopic (exact) mass is 219 g/mol. The first-order chi connectivity index (χ1) is 7.59. The number of rotatable bonds is 3. The Labute approximate surface area is 92.5 Å². The van der Waals surface area contributed by atoms with Crippen LogP contribution in [0.5, 0.6) is 0 Å². The Morgan fingerprint density at radius 2 is 2.25 bits per heavy atom. The number of imidazole rings is 1. The number of para-hydroxylation sites is 2. The number of hydrogen-bond donors (Lipinski definition) is 2. The Kier molecular flexibility index (Phi) is 2.62. The Balaban J connectivity index is 2.43. The molecule has 0 aliphatic rings. The molecule has 3 N–H and O–H groups in total. The van der Waals surface area contributed by atoms with Crippen molar-refractivity contribution in [3.63, 3.8) is 0 Å². The van der Waals surface area contributed by atoms with E-state index in [0.717, 1.165) is 16.9 Å². The minimum absolute atomic E-state index is 0.238. The molecule has 1 atom stereocenters. The fourth-order valence-electron chi connectivity index (χ4n) is 1.70. The second-order valence-corrected chi connectivity index (χ2v) is 3.70.